The molecule has 0 fully saturated rings. The molecule has 0 aliphatic carbocycles. The first-order valence-electron chi connectivity index (χ1n) is 8.27. The highest BCUT2D eigenvalue weighted by Gasteiger charge is 1.87. The van der Waals surface area contributed by atoms with Gasteiger partial charge in [-0.25, -0.2) is 4.85 Å². The van der Waals surface area contributed by atoms with Crippen LogP contribution in [0.15, 0.2) is 72.8 Å². The molecule has 0 saturated heterocycles. The normalized spacial score (nSPS) is 9.08. The van der Waals surface area contributed by atoms with Gasteiger partial charge in [0.05, 0.1) is 13.2 Å². The van der Waals surface area contributed by atoms with Crippen molar-refractivity contribution < 1.29 is 5.11 Å². The smallest absolute Gasteiger partial charge is 0.187 e. The molecule has 3 aromatic carbocycles. The lowest BCUT2D eigenvalue weighted by atomic mass is 10.1. The van der Waals surface area contributed by atoms with E-state index in [9.17, 15) is 0 Å². The van der Waals surface area contributed by atoms with Gasteiger partial charge in [-0.05, 0) is 38.5 Å². The summed E-state index contributed by atoms with van der Waals surface area (Å²) in [6, 6.07) is 23.1. The van der Waals surface area contributed by atoms with Crippen molar-refractivity contribution in [2.75, 3.05) is 0 Å². The maximum atomic E-state index is 8.66. The highest BCUT2D eigenvalue weighted by molar-refractivity contribution is 6.30. The van der Waals surface area contributed by atoms with Crippen LogP contribution in [0, 0.1) is 27.3 Å². The molecule has 0 bridgehead atoms. The van der Waals surface area contributed by atoms with Gasteiger partial charge in [-0.2, -0.15) is 0 Å². The Balaban J connectivity index is 0.000000195. The van der Waals surface area contributed by atoms with Gasteiger partial charge < -0.3 is 5.11 Å². The van der Waals surface area contributed by atoms with E-state index in [2.05, 4.69) is 4.85 Å². The maximum absolute atomic E-state index is 8.66. The van der Waals surface area contributed by atoms with Gasteiger partial charge in [-0.15, -0.1) is 0 Å². The standard InChI is InChI=1S/C8H7N.C8H10O.C7H7Cl/c1-7-3-5-8(9-2)6-4-7;1-7-3-2-4-8(5-7)6-9;1-6-2-4-7(8)5-3-6/h3-6H,1H3;2-5,9H,6H2,1H3;2-5H,1H3. The van der Waals surface area contributed by atoms with Gasteiger partial charge in [0, 0.05) is 5.02 Å². The Morgan fingerprint density at radius 3 is 1.73 bits per heavy atom. The first-order chi connectivity index (χ1) is 12.4. The van der Waals surface area contributed by atoms with Gasteiger partial charge in [-0.3, -0.25) is 0 Å². The van der Waals surface area contributed by atoms with Crippen LogP contribution in [-0.4, -0.2) is 5.11 Å². The Morgan fingerprint density at radius 2 is 1.35 bits per heavy atom. The van der Waals surface area contributed by atoms with Crippen LogP contribution in [0.1, 0.15) is 22.3 Å². The van der Waals surface area contributed by atoms with Crippen molar-refractivity contribution in [2.24, 2.45) is 0 Å². The molecule has 0 spiro atoms. The molecule has 2 nitrogen and oxygen atoms in total. The number of aryl methyl sites for hydroxylation is 3. The minimum absolute atomic E-state index is 0.141. The largest absolute Gasteiger partial charge is 0.392 e. The van der Waals surface area contributed by atoms with E-state index in [0.717, 1.165) is 10.6 Å². The van der Waals surface area contributed by atoms with Crippen LogP contribution in [0.5, 0.6) is 0 Å². The molecule has 3 rings (SSSR count). The second-order valence-electron chi connectivity index (χ2n) is 5.89. The van der Waals surface area contributed by atoms with E-state index >= 15 is 0 Å². The molecule has 3 heteroatoms. The fraction of sp³-hybridized carbons (Fsp3) is 0.174. The van der Waals surface area contributed by atoms with Crippen molar-refractivity contribution in [3.8, 4) is 0 Å². The van der Waals surface area contributed by atoms with Crippen LogP contribution in [0.3, 0.4) is 0 Å². The fourth-order valence-corrected chi connectivity index (χ4v) is 2.09. The van der Waals surface area contributed by atoms with Gasteiger partial charge in [0.2, 0.25) is 0 Å². The third-order valence-electron chi connectivity index (χ3n) is 3.44. The monoisotopic (exact) mass is 365 g/mol. The Hall–Kier alpha value is -2.60. The maximum Gasteiger partial charge on any atom is 0.187 e. The summed E-state index contributed by atoms with van der Waals surface area (Å²) in [5.41, 5.74) is 5.33. The van der Waals surface area contributed by atoms with Crippen molar-refractivity contribution in [1.82, 2.24) is 0 Å². The second kappa shape index (κ2) is 11.9. The molecule has 0 unspecified atom stereocenters. The SMILES string of the molecule is Cc1ccc(Cl)cc1.Cc1cccc(CO)c1.[C-]#[N+]c1ccc(C)cc1. The summed E-state index contributed by atoms with van der Waals surface area (Å²) >= 11 is 5.61. The molecule has 0 aliphatic heterocycles. The Kier molecular flexibility index (Phi) is 9.79. The summed E-state index contributed by atoms with van der Waals surface area (Å²) in [4.78, 5) is 3.26. The Morgan fingerprint density at radius 1 is 0.808 bits per heavy atom. The van der Waals surface area contributed by atoms with Crippen LogP contribution in [0.4, 0.5) is 5.69 Å². The number of nitrogens with zero attached hydrogens (tertiary/aromatic N) is 1. The number of benzene rings is 3. The van der Waals surface area contributed by atoms with Crippen molar-refractivity contribution >= 4 is 17.3 Å². The average molecular weight is 366 g/mol. The minimum atomic E-state index is 0.141. The zero-order valence-corrected chi connectivity index (χ0v) is 16.2. The number of rotatable bonds is 1. The van der Waals surface area contributed by atoms with E-state index in [1.54, 1.807) is 0 Å². The number of hydrogen-bond acceptors (Lipinski definition) is 1. The summed E-state index contributed by atoms with van der Waals surface area (Å²) in [5.74, 6) is 0. The summed E-state index contributed by atoms with van der Waals surface area (Å²) < 4.78 is 0. The van der Waals surface area contributed by atoms with Crippen molar-refractivity contribution in [3.05, 3.63) is 111 Å². The lowest BCUT2D eigenvalue weighted by Gasteiger charge is -1.94. The zero-order valence-electron chi connectivity index (χ0n) is 15.4. The van der Waals surface area contributed by atoms with Gasteiger partial charge in [0.25, 0.3) is 0 Å². The fourth-order valence-electron chi connectivity index (χ4n) is 1.96. The quantitative estimate of drug-likeness (QED) is 0.478. The summed E-state index contributed by atoms with van der Waals surface area (Å²) in [7, 11) is 0. The van der Waals surface area contributed by atoms with Crippen LogP contribution in [-0.2, 0) is 6.61 Å². The van der Waals surface area contributed by atoms with E-state index < -0.39 is 0 Å². The number of aliphatic hydroxyl groups excluding tert-OH is 1. The summed E-state index contributed by atoms with van der Waals surface area (Å²) in [6.45, 7) is 12.8. The second-order valence-corrected chi connectivity index (χ2v) is 6.33. The minimum Gasteiger partial charge on any atom is -0.392 e. The molecule has 0 aromatic heterocycles. The molecule has 0 saturated carbocycles. The van der Waals surface area contributed by atoms with Crippen LogP contribution in [0.25, 0.3) is 4.85 Å². The summed E-state index contributed by atoms with van der Waals surface area (Å²) in [5, 5.41) is 9.46. The van der Waals surface area contributed by atoms with E-state index in [1.165, 1.54) is 16.7 Å². The van der Waals surface area contributed by atoms with Gasteiger partial charge in [0.1, 0.15) is 0 Å². The molecule has 26 heavy (non-hydrogen) atoms. The molecule has 134 valence electrons. The van der Waals surface area contributed by atoms with Crippen LogP contribution >= 0.6 is 11.6 Å². The Bertz CT molecular complexity index is 797. The Labute approximate surface area is 161 Å². The molecule has 0 atom stereocenters. The van der Waals surface area contributed by atoms with E-state index in [0.29, 0.717) is 5.69 Å². The predicted molar refractivity (Wildman–Crippen MR) is 111 cm³/mol. The first-order valence-corrected chi connectivity index (χ1v) is 8.65. The molecule has 0 heterocycles. The van der Waals surface area contributed by atoms with Gasteiger partial charge >= 0.3 is 0 Å². The predicted octanol–water partition coefficient (Wildman–Crippen LogP) is 6.68. The molecule has 0 aliphatic rings. The summed E-state index contributed by atoms with van der Waals surface area (Å²) in [6.07, 6.45) is 0. The highest BCUT2D eigenvalue weighted by atomic mass is 35.5. The molecular formula is C23H24ClNO. The van der Waals surface area contributed by atoms with Crippen molar-refractivity contribution in [3.63, 3.8) is 0 Å². The van der Waals surface area contributed by atoms with Crippen molar-refractivity contribution in [2.45, 2.75) is 27.4 Å². The molecule has 3 aromatic rings. The topological polar surface area (TPSA) is 24.6 Å². The zero-order chi connectivity index (χ0) is 19.4. The number of aliphatic hydroxyl groups is 1. The average Bonchev–Trinajstić information content (AvgIpc) is 2.66. The third-order valence-corrected chi connectivity index (χ3v) is 3.69. The molecule has 1 N–H and O–H groups in total. The van der Waals surface area contributed by atoms with Crippen LogP contribution < -0.4 is 0 Å². The molecule has 0 amide bonds. The van der Waals surface area contributed by atoms with Crippen molar-refractivity contribution in [1.29, 1.82) is 0 Å². The molecular weight excluding hydrogens is 342 g/mol. The van der Waals surface area contributed by atoms with E-state index in [4.69, 9.17) is 23.3 Å². The highest BCUT2D eigenvalue weighted by Crippen LogP contribution is 2.11. The lowest BCUT2D eigenvalue weighted by Crippen LogP contribution is -1.81. The number of hydrogen-bond donors (Lipinski definition) is 1. The van der Waals surface area contributed by atoms with Gasteiger partial charge in [0.15, 0.2) is 5.69 Å². The van der Waals surface area contributed by atoms with Crippen LogP contribution in [0.2, 0.25) is 5.02 Å². The van der Waals surface area contributed by atoms with E-state index in [-0.39, 0.29) is 6.61 Å². The lowest BCUT2D eigenvalue weighted by molar-refractivity contribution is 0.282. The third kappa shape index (κ3) is 9.03. The first kappa shape index (κ1) is 21.4. The van der Waals surface area contributed by atoms with Gasteiger partial charge in [-0.1, -0.05) is 89.0 Å². The van der Waals surface area contributed by atoms with E-state index in [1.807, 2.05) is 93.6 Å². The number of halogens is 1. The molecule has 0 radical (unpaired) electrons.